The van der Waals surface area contributed by atoms with Crippen LogP contribution in [0.1, 0.15) is 80.3 Å². The van der Waals surface area contributed by atoms with E-state index >= 15 is 0 Å². The summed E-state index contributed by atoms with van der Waals surface area (Å²) in [7, 11) is 0. The van der Waals surface area contributed by atoms with Gasteiger partial charge in [0.2, 0.25) is 0 Å². The molecule has 0 unspecified atom stereocenters. The lowest BCUT2D eigenvalue weighted by atomic mass is 9.73. The Morgan fingerprint density at radius 2 is 2.00 bits per heavy atom. The summed E-state index contributed by atoms with van der Waals surface area (Å²) in [4.78, 5) is 11.8. The third kappa shape index (κ3) is 4.12. The third-order valence-electron chi connectivity index (χ3n) is 5.38. The molecule has 0 aliphatic heterocycles. The van der Waals surface area contributed by atoms with Crippen molar-refractivity contribution in [3.63, 3.8) is 0 Å². The van der Waals surface area contributed by atoms with E-state index in [4.69, 9.17) is 0 Å². The zero-order chi connectivity index (χ0) is 19.4. The second-order valence-electron chi connectivity index (χ2n) is 7.48. The summed E-state index contributed by atoms with van der Waals surface area (Å²) in [5.41, 5.74) is 2.88. The molecule has 1 aromatic carbocycles. The lowest BCUT2D eigenvalue weighted by Gasteiger charge is -2.32. The van der Waals surface area contributed by atoms with Crippen LogP contribution in [0.4, 0.5) is 0 Å². The van der Waals surface area contributed by atoms with Gasteiger partial charge >= 0.3 is 5.97 Å². The molecule has 0 saturated heterocycles. The minimum atomic E-state index is -1.15. The molecule has 0 saturated carbocycles. The van der Waals surface area contributed by atoms with Gasteiger partial charge in [0.25, 0.3) is 0 Å². The van der Waals surface area contributed by atoms with E-state index in [1.165, 1.54) is 11.6 Å². The van der Waals surface area contributed by atoms with Gasteiger partial charge in [-0.15, -0.1) is 0 Å². The number of aromatic carboxylic acids is 1. The van der Waals surface area contributed by atoms with Gasteiger partial charge in [-0.1, -0.05) is 43.6 Å². The number of benzene rings is 1. The zero-order valence-corrected chi connectivity index (χ0v) is 16.0. The Kier molecular flexibility index (Phi) is 6.52. The number of aryl methyl sites for hydroxylation is 1. The van der Waals surface area contributed by atoms with E-state index in [-0.39, 0.29) is 28.9 Å². The fraction of sp³-hybridized carbons (Fsp3) is 0.500. The van der Waals surface area contributed by atoms with E-state index in [0.717, 1.165) is 37.7 Å². The number of carboxylic acid groups (broad SMARTS) is 1. The topological polar surface area (TPSA) is 77.8 Å². The first-order chi connectivity index (χ1) is 12.3. The number of aromatic hydroxyl groups is 2. The summed E-state index contributed by atoms with van der Waals surface area (Å²) in [5.74, 6) is -1.67. The van der Waals surface area contributed by atoms with Gasteiger partial charge in [-0.3, -0.25) is 0 Å². The molecule has 0 aromatic heterocycles. The van der Waals surface area contributed by atoms with Gasteiger partial charge in [0.05, 0.1) is 0 Å². The highest BCUT2D eigenvalue weighted by molar-refractivity contribution is 5.94. The van der Waals surface area contributed by atoms with Gasteiger partial charge in [0.15, 0.2) is 0 Å². The van der Waals surface area contributed by atoms with Crippen molar-refractivity contribution < 1.29 is 20.1 Å². The Balaban J connectivity index is 2.58. The molecule has 4 nitrogen and oxygen atoms in total. The predicted octanol–water partition coefficient (Wildman–Crippen LogP) is 5.54. The average molecular weight is 358 g/mol. The predicted molar refractivity (Wildman–Crippen MR) is 104 cm³/mol. The fourth-order valence-electron chi connectivity index (χ4n) is 3.96. The maximum atomic E-state index is 11.8. The second-order valence-corrected chi connectivity index (χ2v) is 7.48. The summed E-state index contributed by atoms with van der Waals surface area (Å²) < 4.78 is 0. The van der Waals surface area contributed by atoms with Crippen LogP contribution in [-0.2, 0) is 6.42 Å². The molecule has 26 heavy (non-hydrogen) atoms. The summed E-state index contributed by atoms with van der Waals surface area (Å²) in [6.07, 6.45) is 7.19. The lowest BCUT2D eigenvalue weighted by Crippen LogP contribution is -2.18. The number of carbonyl (C=O) groups is 1. The van der Waals surface area contributed by atoms with E-state index < -0.39 is 5.97 Å². The van der Waals surface area contributed by atoms with E-state index in [1.54, 1.807) is 0 Å². The molecule has 1 aliphatic carbocycles. The number of phenolic OH excluding ortho intramolecular Hbond substituents is 1. The maximum absolute atomic E-state index is 11.8. The Morgan fingerprint density at radius 3 is 2.58 bits per heavy atom. The van der Waals surface area contributed by atoms with Gasteiger partial charge < -0.3 is 15.3 Å². The van der Waals surface area contributed by atoms with E-state index in [9.17, 15) is 20.1 Å². The smallest absolute Gasteiger partial charge is 0.339 e. The third-order valence-corrected chi connectivity index (χ3v) is 5.38. The van der Waals surface area contributed by atoms with E-state index in [1.807, 2.05) is 19.9 Å². The lowest BCUT2D eigenvalue weighted by molar-refractivity contribution is 0.0692. The summed E-state index contributed by atoms with van der Waals surface area (Å²) in [6, 6.07) is 1.53. The van der Waals surface area contributed by atoms with Crippen LogP contribution < -0.4 is 0 Å². The highest BCUT2D eigenvalue weighted by atomic mass is 16.4. The Hall–Kier alpha value is -2.23. The molecular formula is C22H30O4. The monoisotopic (exact) mass is 358 g/mol. The van der Waals surface area contributed by atoms with Crippen LogP contribution in [-0.4, -0.2) is 21.3 Å². The average Bonchev–Trinajstić information content (AvgIpc) is 2.54. The first kappa shape index (κ1) is 20.1. The van der Waals surface area contributed by atoms with Crippen LogP contribution in [0.5, 0.6) is 11.5 Å². The van der Waals surface area contributed by atoms with Crippen LogP contribution in [0.15, 0.2) is 29.9 Å². The van der Waals surface area contributed by atoms with Crippen LogP contribution in [0, 0.1) is 5.92 Å². The molecule has 0 fully saturated rings. The number of carboxylic acids is 1. The van der Waals surface area contributed by atoms with Gasteiger partial charge in [-0.05, 0) is 57.1 Å². The van der Waals surface area contributed by atoms with Gasteiger partial charge in [0, 0.05) is 11.5 Å². The number of unbranched alkanes of at least 4 members (excludes halogenated alkanes) is 2. The van der Waals surface area contributed by atoms with Crippen molar-refractivity contribution in [2.45, 2.75) is 65.2 Å². The number of allylic oxidation sites excluding steroid dienone is 3. The van der Waals surface area contributed by atoms with Crippen molar-refractivity contribution in [2.24, 2.45) is 5.92 Å². The van der Waals surface area contributed by atoms with Crippen molar-refractivity contribution in [1.29, 1.82) is 0 Å². The Morgan fingerprint density at radius 1 is 1.31 bits per heavy atom. The first-order valence-electron chi connectivity index (χ1n) is 9.41. The number of phenols is 2. The van der Waals surface area contributed by atoms with Crippen molar-refractivity contribution in [3.05, 3.63) is 46.6 Å². The summed E-state index contributed by atoms with van der Waals surface area (Å²) >= 11 is 0. The molecule has 2 atom stereocenters. The SMILES string of the molecule is C=C(C)[C@H]1CCC(C)=C[C@@H]1c1c(O)cc(CCCCC)c(C(=O)O)c1O. The summed E-state index contributed by atoms with van der Waals surface area (Å²) in [5, 5.41) is 31.1. The van der Waals surface area contributed by atoms with Crippen molar-refractivity contribution in [3.8, 4) is 11.5 Å². The molecular weight excluding hydrogens is 328 g/mol. The minimum Gasteiger partial charge on any atom is -0.507 e. The van der Waals surface area contributed by atoms with Crippen molar-refractivity contribution >= 4 is 5.97 Å². The fourth-order valence-corrected chi connectivity index (χ4v) is 3.96. The largest absolute Gasteiger partial charge is 0.507 e. The minimum absolute atomic E-state index is 0.0267. The molecule has 4 heteroatoms. The normalized spacial score (nSPS) is 19.9. The van der Waals surface area contributed by atoms with Gasteiger partial charge in [-0.25, -0.2) is 4.79 Å². The summed E-state index contributed by atoms with van der Waals surface area (Å²) in [6.45, 7) is 10.1. The molecule has 0 heterocycles. The van der Waals surface area contributed by atoms with Gasteiger partial charge in [0.1, 0.15) is 17.1 Å². The van der Waals surface area contributed by atoms with Crippen molar-refractivity contribution in [2.75, 3.05) is 0 Å². The Labute approximate surface area is 155 Å². The quantitative estimate of drug-likeness (QED) is 0.441. The number of hydrogen-bond acceptors (Lipinski definition) is 3. The highest BCUT2D eigenvalue weighted by Crippen LogP contribution is 2.48. The highest BCUT2D eigenvalue weighted by Gasteiger charge is 2.32. The molecule has 0 bridgehead atoms. The zero-order valence-electron chi connectivity index (χ0n) is 16.0. The second kappa shape index (κ2) is 8.43. The van der Waals surface area contributed by atoms with Crippen molar-refractivity contribution in [1.82, 2.24) is 0 Å². The van der Waals surface area contributed by atoms with Crippen LogP contribution in [0.25, 0.3) is 0 Å². The van der Waals surface area contributed by atoms with Gasteiger partial charge in [-0.2, -0.15) is 0 Å². The maximum Gasteiger partial charge on any atom is 0.339 e. The molecule has 142 valence electrons. The number of rotatable bonds is 7. The van der Waals surface area contributed by atoms with Crippen LogP contribution in [0.3, 0.4) is 0 Å². The van der Waals surface area contributed by atoms with Crippen LogP contribution in [0.2, 0.25) is 0 Å². The first-order valence-corrected chi connectivity index (χ1v) is 9.41. The Bertz CT molecular complexity index is 730. The molecule has 3 N–H and O–H groups in total. The molecule has 1 aromatic rings. The molecule has 0 radical (unpaired) electrons. The van der Waals surface area contributed by atoms with E-state index in [2.05, 4.69) is 13.5 Å². The standard InChI is InChI=1S/C22H30O4/c1-5-6-7-8-15-12-18(23)20(21(24)19(15)22(25)26)17-11-14(4)9-10-16(17)13(2)3/h11-12,16-17,23-24H,2,5-10H2,1,3-4H3,(H,25,26)/t16-,17+/m1/s1. The molecule has 1 aliphatic rings. The number of hydrogen-bond donors (Lipinski definition) is 3. The van der Waals surface area contributed by atoms with Crippen LogP contribution >= 0.6 is 0 Å². The van der Waals surface area contributed by atoms with E-state index in [0.29, 0.717) is 17.5 Å². The molecule has 0 amide bonds. The molecule has 2 rings (SSSR count). The molecule has 0 spiro atoms.